The number of nitrogens with two attached hydrogens (primary N) is 1. The van der Waals surface area contributed by atoms with E-state index in [0.29, 0.717) is 0 Å². The fraction of sp³-hybridized carbons (Fsp3) is 0.375. The molecule has 12 heavy (non-hydrogen) atoms. The molecule has 4 heteroatoms. The number of nitrogens with one attached hydrogen (secondary N) is 1. The van der Waals surface area contributed by atoms with Gasteiger partial charge in [0.1, 0.15) is 0 Å². The van der Waals surface area contributed by atoms with Gasteiger partial charge in [-0.2, -0.15) is 0 Å². The molecule has 0 saturated carbocycles. The third kappa shape index (κ3) is 2.25. The summed E-state index contributed by atoms with van der Waals surface area (Å²) in [4.78, 5) is 1.36. The van der Waals surface area contributed by atoms with Crippen molar-refractivity contribution in [3.8, 4) is 0 Å². The number of thioether (sulfide) groups is 1. The Hall–Kier alpha value is -0.480. The van der Waals surface area contributed by atoms with Gasteiger partial charge < -0.3 is 5.73 Å². The van der Waals surface area contributed by atoms with Crippen LogP contribution in [0.2, 0.25) is 0 Å². The number of hydrogen-bond donors (Lipinski definition) is 2. The first kappa shape index (κ1) is 9.61. The zero-order valence-corrected chi connectivity index (χ0v) is 8.81. The van der Waals surface area contributed by atoms with Gasteiger partial charge in [0.05, 0.1) is 0 Å². The molecule has 0 fully saturated rings. The van der Waals surface area contributed by atoms with Crippen LogP contribution in [0.1, 0.15) is 16.0 Å². The van der Waals surface area contributed by atoms with Gasteiger partial charge in [-0.1, -0.05) is 11.8 Å². The molecule has 2 nitrogen and oxygen atoms in total. The predicted octanol–water partition coefficient (Wildman–Crippen LogP) is 2.49. The Morgan fingerprint density at radius 3 is 2.75 bits per heavy atom. The highest BCUT2D eigenvalue weighted by Gasteiger charge is 2.03. The Kier molecular flexibility index (Phi) is 3.17. The van der Waals surface area contributed by atoms with Gasteiger partial charge in [0.2, 0.25) is 0 Å². The van der Waals surface area contributed by atoms with Crippen LogP contribution in [0.4, 0.5) is 0 Å². The van der Waals surface area contributed by atoms with Crippen LogP contribution in [0.25, 0.3) is 0 Å². The summed E-state index contributed by atoms with van der Waals surface area (Å²) in [5, 5.41) is 9.40. The molecule has 0 radical (unpaired) electrons. The maximum Gasteiger partial charge on any atom is 0.151 e. The van der Waals surface area contributed by atoms with E-state index < -0.39 is 0 Å². The van der Waals surface area contributed by atoms with E-state index in [0.717, 1.165) is 5.75 Å². The highest BCUT2D eigenvalue weighted by molar-refractivity contribution is 8.13. The standard InChI is InChI=1S/C8H12N2S2/c1-5-6(2)11-3-7(5)4-12-8(9)10/h3H,4H2,1-2H3,(H3,9,10). The zero-order valence-electron chi connectivity index (χ0n) is 7.18. The lowest BCUT2D eigenvalue weighted by molar-refractivity contribution is 1.32. The van der Waals surface area contributed by atoms with E-state index in [1.807, 2.05) is 0 Å². The second kappa shape index (κ2) is 3.96. The van der Waals surface area contributed by atoms with Crippen LogP contribution in [0.3, 0.4) is 0 Å². The monoisotopic (exact) mass is 200 g/mol. The van der Waals surface area contributed by atoms with Crippen molar-refractivity contribution in [2.24, 2.45) is 5.73 Å². The van der Waals surface area contributed by atoms with E-state index in [4.69, 9.17) is 11.1 Å². The highest BCUT2D eigenvalue weighted by Crippen LogP contribution is 2.24. The van der Waals surface area contributed by atoms with Crippen LogP contribution in [0.15, 0.2) is 5.38 Å². The van der Waals surface area contributed by atoms with Crippen molar-refractivity contribution < 1.29 is 0 Å². The highest BCUT2D eigenvalue weighted by atomic mass is 32.2. The molecule has 0 aromatic carbocycles. The van der Waals surface area contributed by atoms with Gasteiger partial charge in [-0.25, -0.2) is 0 Å². The molecule has 0 aliphatic rings. The molecular weight excluding hydrogens is 188 g/mol. The first-order valence-corrected chi connectivity index (χ1v) is 5.48. The minimum absolute atomic E-state index is 0.193. The maximum atomic E-state index is 7.07. The van der Waals surface area contributed by atoms with Gasteiger partial charge in [-0.05, 0) is 30.4 Å². The molecule has 1 heterocycles. The Balaban J connectivity index is 2.63. The molecule has 1 rings (SSSR count). The molecule has 0 atom stereocenters. The summed E-state index contributed by atoms with van der Waals surface area (Å²) in [5.74, 6) is 0.825. The van der Waals surface area contributed by atoms with Crippen molar-refractivity contribution in [2.45, 2.75) is 19.6 Å². The Bertz CT molecular complexity index is 291. The van der Waals surface area contributed by atoms with Crippen molar-refractivity contribution >= 4 is 28.3 Å². The third-order valence-electron chi connectivity index (χ3n) is 1.77. The van der Waals surface area contributed by atoms with Gasteiger partial charge >= 0.3 is 0 Å². The van der Waals surface area contributed by atoms with E-state index in [1.54, 1.807) is 11.3 Å². The van der Waals surface area contributed by atoms with Gasteiger partial charge in [0.15, 0.2) is 5.17 Å². The topological polar surface area (TPSA) is 49.9 Å². The number of hydrogen-bond acceptors (Lipinski definition) is 3. The van der Waals surface area contributed by atoms with E-state index >= 15 is 0 Å². The molecular formula is C8H12N2S2. The van der Waals surface area contributed by atoms with Crippen molar-refractivity contribution in [2.75, 3.05) is 0 Å². The Morgan fingerprint density at radius 2 is 2.33 bits per heavy atom. The molecule has 66 valence electrons. The average Bonchev–Trinajstić information content (AvgIpc) is 2.30. The van der Waals surface area contributed by atoms with Crippen molar-refractivity contribution in [1.82, 2.24) is 0 Å². The molecule has 1 aromatic rings. The molecule has 0 bridgehead atoms. The Labute approximate surface area is 80.7 Å². The summed E-state index contributed by atoms with van der Waals surface area (Å²) >= 11 is 3.14. The van der Waals surface area contributed by atoms with Gasteiger partial charge in [0, 0.05) is 10.6 Å². The summed E-state index contributed by atoms with van der Waals surface area (Å²) in [5.41, 5.74) is 7.89. The molecule has 0 aliphatic heterocycles. The number of amidine groups is 1. The van der Waals surface area contributed by atoms with Crippen LogP contribution in [-0.4, -0.2) is 5.17 Å². The second-order valence-corrected chi connectivity index (χ2v) is 4.70. The molecule has 0 aliphatic carbocycles. The zero-order chi connectivity index (χ0) is 9.14. The second-order valence-electron chi connectivity index (χ2n) is 2.60. The SMILES string of the molecule is Cc1scc(CSC(=N)N)c1C. The van der Waals surface area contributed by atoms with Crippen molar-refractivity contribution in [3.63, 3.8) is 0 Å². The summed E-state index contributed by atoms with van der Waals surface area (Å²) < 4.78 is 0. The number of thiophene rings is 1. The van der Waals surface area contributed by atoms with Crippen LogP contribution in [0, 0.1) is 19.3 Å². The van der Waals surface area contributed by atoms with Gasteiger partial charge in [-0.3, -0.25) is 5.41 Å². The van der Waals surface area contributed by atoms with Crippen molar-refractivity contribution in [1.29, 1.82) is 5.41 Å². The first-order valence-electron chi connectivity index (χ1n) is 3.61. The fourth-order valence-corrected chi connectivity index (χ4v) is 2.46. The van der Waals surface area contributed by atoms with E-state index in [1.165, 1.54) is 27.8 Å². The maximum absolute atomic E-state index is 7.07. The molecule has 0 unspecified atom stereocenters. The van der Waals surface area contributed by atoms with Gasteiger partial charge in [-0.15, -0.1) is 11.3 Å². The average molecular weight is 200 g/mol. The van der Waals surface area contributed by atoms with Crippen LogP contribution >= 0.6 is 23.1 Å². The lowest BCUT2D eigenvalue weighted by Crippen LogP contribution is -2.03. The summed E-state index contributed by atoms with van der Waals surface area (Å²) in [6.45, 7) is 4.23. The van der Waals surface area contributed by atoms with Crippen LogP contribution < -0.4 is 5.73 Å². The normalized spacial score (nSPS) is 10.2. The summed E-state index contributed by atoms with van der Waals surface area (Å²) in [7, 11) is 0. The van der Waals surface area contributed by atoms with Crippen LogP contribution in [0.5, 0.6) is 0 Å². The van der Waals surface area contributed by atoms with Crippen LogP contribution in [-0.2, 0) is 5.75 Å². The smallest absolute Gasteiger partial charge is 0.151 e. The minimum atomic E-state index is 0.193. The number of aryl methyl sites for hydroxylation is 1. The predicted molar refractivity (Wildman–Crippen MR) is 57.0 cm³/mol. The summed E-state index contributed by atoms with van der Waals surface area (Å²) in [6.07, 6.45) is 0. The lowest BCUT2D eigenvalue weighted by Gasteiger charge is -1.98. The quantitative estimate of drug-likeness (QED) is 0.569. The van der Waals surface area contributed by atoms with Crippen molar-refractivity contribution in [3.05, 3.63) is 21.4 Å². The van der Waals surface area contributed by atoms with E-state index in [2.05, 4.69) is 19.2 Å². The molecule has 0 saturated heterocycles. The fourth-order valence-electron chi connectivity index (χ4n) is 0.860. The third-order valence-corrected chi connectivity index (χ3v) is 3.60. The molecule has 3 N–H and O–H groups in total. The molecule has 0 amide bonds. The van der Waals surface area contributed by atoms with E-state index in [9.17, 15) is 0 Å². The largest absolute Gasteiger partial charge is 0.379 e. The molecule has 1 aromatic heterocycles. The minimum Gasteiger partial charge on any atom is -0.379 e. The lowest BCUT2D eigenvalue weighted by atomic mass is 10.2. The van der Waals surface area contributed by atoms with Gasteiger partial charge in [0.25, 0.3) is 0 Å². The molecule has 0 spiro atoms. The van der Waals surface area contributed by atoms with E-state index in [-0.39, 0.29) is 5.17 Å². The first-order chi connectivity index (χ1) is 5.61. The Morgan fingerprint density at radius 1 is 1.67 bits per heavy atom. The number of rotatable bonds is 2. The summed E-state index contributed by atoms with van der Waals surface area (Å²) in [6, 6.07) is 0.